The number of nitrogens with one attached hydrogen (secondary N) is 1. The minimum Gasteiger partial charge on any atom is -0.368 e. The van der Waals surface area contributed by atoms with Crippen LogP contribution in [0, 0.1) is 5.41 Å². The summed E-state index contributed by atoms with van der Waals surface area (Å²) in [6, 6.07) is 0. The van der Waals surface area contributed by atoms with Crippen LogP contribution in [0.15, 0.2) is 24.0 Å². The van der Waals surface area contributed by atoms with Crippen molar-refractivity contribution >= 4 is 48.4 Å². The number of hydrogen-bond acceptors (Lipinski definition) is 8. The van der Waals surface area contributed by atoms with Crippen LogP contribution in [0.25, 0.3) is 0 Å². The van der Waals surface area contributed by atoms with Crippen LogP contribution in [0.1, 0.15) is 34.6 Å². The molecule has 3 aliphatic rings. The van der Waals surface area contributed by atoms with Gasteiger partial charge in [0, 0.05) is 18.6 Å². The Hall–Kier alpha value is 0.01000. The maximum absolute atomic E-state index is 13.9. The summed E-state index contributed by atoms with van der Waals surface area (Å²) in [4.78, 5) is 0. The average molecular weight is 535 g/mol. The van der Waals surface area contributed by atoms with Crippen molar-refractivity contribution in [3.63, 3.8) is 0 Å². The van der Waals surface area contributed by atoms with E-state index in [1.54, 1.807) is 19.1 Å². The molecule has 0 saturated carbocycles. The Morgan fingerprint density at radius 3 is 2.12 bits per heavy atom. The first-order chi connectivity index (χ1) is 14.6. The maximum atomic E-state index is 13.9. The quantitative estimate of drug-likeness (QED) is 0.223. The Kier molecular flexibility index (Phi) is 9.11. The molecule has 3 rings (SSSR count). The standard InChI is InChI=1S/C18H29O7P.C2H2Cl3N/c1-8-9-11(2)26(19)16(20-7)15-14(23-18(5,6)24-15)13(25-26)12-10-21-17(3,4)22-12;3-2(4,5)1-6/h8-9,12-16H,1,10H2,2-7H3;1,6H/b11-9+;/t12?,13?,14?,15?,16?,26-;/m1./s1. The van der Waals surface area contributed by atoms with Crippen LogP contribution in [0.5, 0.6) is 0 Å². The summed E-state index contributed by atoms with van der Waals surface area (Å²) in [5.74, 6) is -2.34. The van der Waals surface area contributed by atoms with Crippen LogP contribution in [-0.4, -0.2) is 65.6 Å². The van der Waals surface area contributed by atoms with Gasteiger partial charge in [-0.3, -0.25) is 4.57 Å². The van der Waals surface area contributed by atoms with Gasteiger partial charge in [-0.25, -0.2) is 0 Å². The number of methoxy groups -OCH3 is 1. The Morgan fingerprint density at radius 2 is 1.69 bits per heavy atom. The van der Waals surface area contributed by atoms with E-state index in [0.717, 1.165) is 6.21 Å². The fraction of sp³-hybridized carbons (Fsp3) is 0.750. The predicted molar refractivity (Wildman–Crippen MR) is 125 cm³/mol. The molecule has 184 valence electrons. The van der Waals surface area contributed by atoms with Gasteiger partial charge in [0.1, 0.15) is 24.4 Å². The second-order valence-corrected chi connectivity index (χ2v) is 13.4. The molecule has 6 atom stereocenters. The van der Waals surface area contributed by atoms with Crippen molar-refractivity contribution in [3.8, 4) is 0 Å². The van der Waals surface area contributed by atoms with Gasteiger partial charge in [-0.1, -0.05) is 53.5 Å². The highest BCUT2D eigenvalue weighted by Gasteiger charge is 2.63. The predicted octanol–water partition coefficient (Wildman–Crippen LogP) is 5.40. The zero-order chi connectivity index (χ0) is 24.5. The molecular weight excluding hydrogens is 504 g/mol. The van der Waals surface area contributed by atoms with Crippen LogP contribution >= 0.6 is 42.2 Å². The fourth-order valence-corrected chi connectivity index (χ4v) is 6.29. The molecule has 0 radical (unpaired) electrons. The molecule has 0 aromatic heterocycles. The highest BCUT2D eigenvalue weighted by molar-refractivity contribution is 7.64. The summed E-state index contributed by atoms with van der Waals surface area (Å²) >= 11 is 15.0. The maximum Gasteiger partial charge on any atom is 0.259 e. The molecule has 3 saturated heterocycles. The van der Waals surface area contributed by atoms with E-state index in [1.807, 2.05) is 27.7 Å². The van der Waals surface area contributed by atoms with E-state index in [1.165, 1.54) is 7.11 Å². The van der Waals surface area contributed by atoms with Crippen molar-refractivity contribution in [1.82, 2.24) is 0 Å². The van der Waals surface area contributed by atoms with E-state index in [9.17, 15) is 4.57 Å². The fourth-order valence-electron chi connectivity index (χ4n) is 3.77. The summed E-state index contributed by atoms with van der Waals surface area (Å²) < 4.78 is 48.0. The number of ether oxygens (including phenoxy) is 5. The van der Waals surface area contributed by atoms with Crippen molar-refractivity contribution in [3.05, 3.63) is 24.0 Å². The first-order valence-electron chi connectivity index (χ1n) is 9.96. The third-order valence-corrected chi connectivity index (χ3v) is 8.23. The van der Waals surface area contributed by atoms with E-state index < -0.39 is 53.0 Å². The first kappa shape index (κ1) is 28.2. The van der Waals surface area contributed by atoms with E-state index in [2.05, 4.69) is 6.58 Å². The lowest BCUT2D eigenvalue weighted by molar-refractivity contribution is -0.174. The molecule has 0 aromatic rings. The average Bonchev–Trinajstić information content (AvgIpc) is 3.19. The van der Waals surface area contributed by atoms with Crippen molar-refractivity contribution in [2.45, 2.75) is 80.2 Å². The molecule has 32 heavy (non-hydrogen) atoms. The summed E-state index contributed by atoms with van der Waals surface area (Å²) in [6.45, 7) is 13.1. The number of rotatable bonds is 4. The van der Waals surface area contributed by atoms with Gasteiger partial charge < -0.3 is 33.6 Å². The highest BCUT2D eigenvalue weighted by atomic mass is 35.6. The van der Waals surface area contributed by atoms with Crippen molar-refractivity contribution in [1.29, 1.82) is 5.41 Å². The summed E-state index contributed by atoms with van der Waals surface area (Å²) in [5, 5.41) is 6.90. The van der Waals surface area contributed by atoms with Crippen molar-refractivity contribution in [2.24, 2.45) is 0 Å². The zero-order valence-electron chi connectivity index (χ0n) is 19.0. The first-order valence-corrected chi connectivity index (χ1v) is 12.8. The zero-order valence-corrected chi connectivity index (χ0v) is 22.1. The van der Waals surface area contributed by atoms with Gasteiger partial charge in [-0.15, -0.1) is 0 Å². The minimum absolute atomic E-state index is 0.326. The van der Waals surface area contributed by atoms with E-state index >= 15 is 0 Å². The summed E-state index contributed by atoms with van der Waals surface area (Å²) in [6.07, 6.45) is 1.96. The second-order valence-electron chi connectivity index (χ2n) is 8.45. The van der Waals surface area contributed by atoms with Gasteiger partial charge in [-0.05, 0) is 34.6 Å². The minimum atomic E-state index is -3.38. The molecule has 3 aliphatic heterocycles. The molecule has 0 aromatic carbocycles. The van der Waals surface area contributed by atoms with Gasteiger partial charge in [0.15, 0.2) is 17.4 Å². The molecule has 0 spiro atoms. The number of hydrogen-bond donors (Lipinski definition) is 1. The molecule has 12 heteroatoms. The Labute approximate surface area is 204 Å². The van der Waals surface area contributed by atoms with Crippen LogP contribution in [0.4, 0.5) is 0 Å². The summed E-state index contributed by atoms with van der Waals surface area (Å²) in [7, 11) is -1.87. The van der Waals surface area contributed by atoms with Crippen LogP contribution < -0.4 is 0 Å². The molecule has 3 fully saturated rings. The molecule has 3 heterocycles. The third kappa shape index (κ3) is 6.57. The monoisotopic (exact) mass is 533 g/mol. The van der Waals surface area contributed by atoms with Crippen LogP contribution in [-0.2, 0) is 32.8 Å². The lowest BCUT2D eigenvalue weighted by Crippen LogP contribution is -2.54. The topological polar surface area (TPSA) is 96.3 Å². The van der Waals surface area contributed by atoms with Crippen molar-refractivity contribution < 1.29 is 32.8 Å². The number of halogens is 3. The Balaban J connectivity index is 0.000000534. The van der Waals surface area contributed by atoms with Gasteiger partial charge in [0.2, 0.25) is 3.79 Å². The van der Waals surface area contributed by atoms with Gasteiger partial charge in [0.05, 0.1) is 6.61 Å². The second kappa shape index (κ2) is 10.3. The SMILES string of the molecule is C=C/C=C(\C)[P@@]1(=O)OC(C2COC(C)(C)O2)C2OC(C)(C)OC2C1OC.N=CC(Cl)(Cl)Cl. The molecular formula is C20H31Cl3NO7P. The Morgan fingerprint density at radius 1 is 1.12 bits per heavy atom. The van der Waals surface area contributed by atoms with E-state index in [4.69, 9.17) is 68.4 Å². The third-order valence-electron chi connectivity index (χ3n) is 5.03. The molecule has 8 nitrogen and oxygen atoms in total. The highest BCUT2D eigenvalue weighted by Crippen LogP contribution is 2.66. The molecule has 5 unspecified atom stereocenters. The molecule has 1 N–H and O–H groups in total. The largest absolute Gasteiger partial charge is 0.368 e. The van der Waals surface area contributed by atoms with E-state index in [-0.39, 0.29) is 0 Å². The van der Waals surface area contributed by atoms with E-state index in [0.29, 0.717) is 11.9 Å². The van der Waals surface area contributed by atoms with Gasteiger partial charge in [-0.2, -0.15) is 0 Å². The molecule has 0 aliphatic carbocycles. The lowest BCUT2D eigenvalue weighted by atomic mass is 10.0. The van der Waals surface area contributed by atoms with Gasteiger partial charge >= 0.3 is 0 Å². The number of allylic oxidation sites excluding steroid dienone is 3. The number of alkyl halides is 3. The molecule has 0 bridgehead atoms. The Bertz CT molecular complexity index is 784. The smallest absolute Gasteiger partial charge is 0.259 e. The number of fused-ring (bicyclic) bond motifs is 1. The lowest BCUT2D eigenvalue weighted by Gasteiger charge is -2.43. The molecule has 0 amide bonds. The van der Waals surface area contributed by atoms with Gasteiger partial charge in [0.25, 0.3) is 7.37 Å². The normalized spacial score (nSPS) is 38.4. The summed E-state index contributed by atoms with van der Waals surface area (Å²) in [5.41, 5.74) is 0. The van der Waals surface area contributed by atoms with Crippen LogP contribution in [0.2, 0.25) is 0 Å². The van der Waals surface area contributed by atoms with Crippen molar-refractivity contribution in [2.75, 3.05) is 13.7 Å². The van der Waals surface area contributed by atoms with Crippen LogP contribution in [0.3, 0.4) is 0 Å².